The van der Waals surface area contributed by atoms with E-state index < -0.39 is 11.9 Å². The summed E-state index contributed by atoms with van der Waals surface area (Å²) in [6.45, 7) is 2.01. The molecule has 0 aliphatic carbocycles. The molecule has 2 aromatic heterocycles. The second-order valence-corrected chi connectivity index (χ2v) is 4.40. The van der Waals surface area contributed by atoms with Gasteiger partial charge >= 0.3 is 6.18 Å². The lowest BCUT2D eigenvalue weighted by atomic mass is 10.2. The zero-order valence-electron chi connectivity index (χ0n) is 11.0. The smallest absolute Gasteiger partial charge is 0.268 e. The van der Waals surface area contributed by atoms with Crippen molar-refractivity contribution in [3.63, 3.8) is 0 Å². The Morgan fingerprint density at radius 3 is 2.71 bits per heavy atom. The molecule has 0 saturated carbocycles. The molecule has 0 aromatic carbocycles. The zero-order chi connectivity index (χ0) is 15.5. The van der Waals surface area contributed by atoms with Gasteiger partial charge in [0.1, 0.15) is 5.69 Å². The van der Waals surface area contributed by atoms with Crippen molar-refractivity contribution in [3.8, 4) is 0 Å². The van der Waals surface area contributed by atoms with E-state index in [-0.39, 0.29) is 12.6 Å². The molecule has 2 heterocycles. The lowest BCUT2D eigenvalue weighted by molar-refractivity contribution is -0.141. The summed E-state index contributed by atoms with van der Waals surface area (Å²) in [6.07, 6.45) is -0.0446. The van der Waals surface area contributed by atoms with Gasteiger partial charge in [-0.25, -0.2) is 0 Å². The van der Waals surface area contributed by atoms with Crippen LogP contribution in [-0.2, 0) is 12.7 Å². The number of pyridine rings is 1. The molecule has 2 aromatic rings. The molecular weight excluding hydrogens is 285 g/mol. The minimum Gasteiger partial charge on any atom is -0.268 e. The van der Waals surface area contributed by atoms with Gasteiger partial charge < -0.3 is 0 Å². The van der Waals surface area contributed by atoms with Crippen LogP contribution in [-0.4, -0.2) is 14.8 Å². The van der Waals surface area contributed by atoms with Crippen LogP contribution >= 0.6 is 0 Å². The Kier molecular flexibility index (Phi) is 4.13. The molecule has 2 rings (SSSR count). The minimum atomic E-state index is -4.44. The van der Waals surface area contributed by atoms with Crippen LogP contribution in [0.4, 0.5) is 13.2 Å². The second kappa shape index (κ2) is 5.84. The number of nitrogens with zero attached hydrogens (tertiary/aromatic N) is 6. The number of aromatic nitrogens is 3. The van der Waals surface area contributed by atoms with Gasteiger partial charge in [0.15, 0.2) is 0 Å². The summed E-state index contributed by atoms with van der Waals surface area (Å²) >= 11 is 0. The van der Waals surface area contributed by atoms with E-state index in [2.05, 4.69) is 20.1 Å². The molecule has 0 saturated heterocycles. The number of azide groups is 1. The Bertz CT molecular complexity index is 654. The molecule has 9 heteroatoms. The first kappa shape index (κ1) is 14.9. The van der Waals surface area contributed by atoms with Gasteiger partial charge in [-0.1, -0.05) is 18.1 Å². The van der Waals surface area contributed by atoms with Crippen LogP contribution in [0.3, 0.4) is 0 Å². The quantitative estimate of drug-likeness (QED) is 0.489. The largest absolute Gasteiger partial charge is 0.433 e. The van der Waals surface area contributed by atoms with Crippen molar-refractivity contribution in [1.29, 1.82) is 0 Å². The average Bonchev–Trinajstić information content (AvgIpc) is 2.87. The summed E-state index contributed by atoms with van der Waals surface area (Å²) < 4.78 is 38.7. The first-order valence-corrected chi connectivity index (χ1v) is 5.99. The average molecular weight is 296 g/mol. The highest BCUT2D eigenvalue weighted by Crippen LogP contribution is 2.27. The summed E-state index contributed by atoms with van der Waals surface area (Å²) in [5, 5.41) is 7.61. The third kappa shape index (κ3) is 3.73. The van der Waals surface area contributed by atoms with E-state index in [1.807, 2.05) is 0 Å². The molecular formula is C12H11F3N6. The van der Waals surface area contributed by atoms with Crippen LogP contribution in [0.15, 0.2) is 35.8 Å². The van der Waals surface area contributed by atoms with Crippen molar-refractivity contribution >= 4 is 0 Å². The van der Waals surface area contributed by atoms with Crippen LogP contribution in [0.2, 0.25) is 0 Å². The summed E-state index contributed by atoms with van der Waals surface area (Å²) in [5.41, 5.74) is 8.76. The Morgan fingerprint density at radius 1 is 1.38 bits per heavy atom. The fourth-order valence-corrected chi connectivity index (χ4v) is 1.70. The van der Waals surface area contributed by atoms with Crippen molar-refractivity contribution in [2.75, 3.05) is 0 Å². The van der Waals surface area contributed by atoms with Crippen molar-refractivity contribution < 1.29 is 13.2 Å². The van der Waals surface area contributed by atoms with E-state index in [0.717, 1.165) is 11.6 Å². The highest BCUT2D eigenvalue weighted by atomic mass is 19.4. The van der Waals surface area contributed by atoms with Gasteiger partial charge in [0.25, 0.3) is 0 Å². The van der Waals surface area contributed by atoms with Gasteiger partial charge in [0.05, 0.1) is 18.8 Å². The number of alkyl halides is 3. The SMILES string of the molecule is CC(N=[N+]=[N-])c1cnn(Cc2ccc(C(F)(F)F)nc2)c1. The van der Waals surface area contributed by atoms with Crippen LogP contribution < -0.4 is 0 Å². The number of hydrogen-bond donors (Lipinski definition) is 0. The van der Waals surface area contributed by atoms with E-state index in [9.17, 15) is 13.2 Å². The maximum atomic E-state index is 12.4. The second-order valence-electron chi connectivity index (χ2n) is 4.40. The number of halogens is 3. The van der Waals surface area contributed by atoms with E-state index in [1.54, 1.807) is 24.0 Å². The Labute approximate surface area is 117 Å². The summed E-state index contributed by atoms with van der Waals surface area (Å²) in [5.74, 6) is 0. The zero-order valence-corrected chi connectivity index (χ0v) is 11.0. The third-order valence-electron chi connectivity index (χ3n) is 2.82. The molecule has 0 spiro atoms. The minimum absolute atomic E-state index is 0.286. The van der Waals surface area contributed by atoms with Crippen molar-refractivity contribution in [2.24, 2.45) is 5.11 Å². The Morgan fingerprint density at radius 2 is 2.14 bits per heavy atom. The van der Waals surface area contributed by atoms with Gasteiger partial charge in [0.2, 0.25) is 0 Å². The van der Waals surface area contributed by atoms with E-state index in [1.165, 1.54) is 12.3 Å². The third-order valence-corrected chi connectivity index (χ3v) is 2.82. The molecule has 6 nitrogen and oxygen atoms in total. The molecule has 1 atom stereocenters. The lowest BCUT2D eigenvalue weighted by Gasteiger charge is -2.06. The maximum Gasteiger partial charge on any atom is 0.433 e. The van der Waals surface area contributed by atoms with Gasteiger partial charge in [-0.15, -0.1) is 0 Å². The molecule has 0 radical (unpaired) electrons. The van der Waals surface area contributed by atoms with Gasteiger partial charge in [-0.05, 0) is 22.7 Å². The van der Waals surface area contributed by atoms with Crippen molar-refractivity contribution in [3.05, 3.63) is 58.0 Å². The molecule has 21 heavy (non-hydrogen) atoms. The molecule has 0 bridgehead atoms. The lowest BCUT2D eigenvalue weighted by Crippen LogP contribution is -2.08. The molecule has 0 aliphatic rings. The van der Waals surface area contributed by atoms with Gasteiger partial charge in [-0.2, -0.15) is 18.3 Å². The summed E-state index contributed by atoms with van der Waals surface area (Å²) in [4.78, 5) is 6.09. The molecule has 110 valence electrons. The molecule has 0 N–H and O–H groups in total. The molecule has 0 amide bonds. The normalized spacial score (nSPS) is 12.8. The highest BCUT2D eigenvalue weighted by molar-refractivity contribution is 5.17. The fraction of sp³-hybridized carbons (Fsp3) is 0.333. The molecule has 0 aliphatic heterocycles. The monoisotopic (exact) mass is 296 g/mol. The predicted molar refractivity (Wildman–Crippen MR) is 68.1 cm³/mol. The number of rotatable bonds is 4. The van der Waals surface area contributed by atoms with Gasteiger partial charge in [0, 0.05) is 17.3 Å². The Hall–Kier alpha value is -2.54. The van der Waals surface area contributed by atoms with Crippen LogP contribution in [0.1, 0.15) is 29.8 Å². The Balaban J connectivity index is 2.10. The standard InChI is InChI=1S/C12H11F3N6/c1-8(19-20-16)10-5-18-21(7-10)6-9-2-3-11(17-4-9)12(13,14)15/h2-5,7-8H,6H2,1H3. The van der Waals surface area contributed by atoms with Crippen molar-refractivity contribution in [2.45, 2.75) is 25.7 Å². The van der Waals surface area contributed by atoms with Crippen molar-refractivity contribution in [1.82, 2.24) is 14.8 Å². The topological polar surface area (TPSA) is 79.5 Å². The molecule has 0 fully saturated rings. The fourth-order valence-electron chi connectivity index (χ4n) is 1.70. The first-order valence-electron chi connectivity index (χ1n) is 5.99. The highest BCUT2D eigenvalue weighted by Gasteiger charge is 2.31. The molecule has 1 unspecified atom stereocenters. The predicted octanol–water partition coefficient (Wildman–Crippen LogP) is 3.72. The first-order chi connectivity index (χ1) is 9.90. The number of hydrogen-bond acceptors (Lipinski definition) is 3. The summed E-state index contributed by atoms with van der Waals surface area (Å²) in [7, 11) is 0. The van der Waals surface area contributed by atoms with Gasteiger partial charge in [-0.3, -0.25) is 9.67 Å². The van der Waals surface area contributed by atoms with Crippen LogP contribution in [0.5, 0.6) is 0 Å². The van der Waals surface area contributed by atoms with Crippen LogP contribution in [0, 0.1) is 0 Å². The van der Waals surface area contributed by atoms with Crippen LogP contribution in [0.25, 0.3) is 10.4 Å². The maximum absolute atomic E-state index is 12.4. The van der Waals surface area contributed by atoms with E-state index in [4.69, 9.17) is 5.53 Å². The summed E-state index contributed by atoms with van der Waals surface area (Å²) in [6, 6.07) is 1.94. The van der Waals surface area contributed by atoms with E-state index >= 15 is 0 Å². The van der Waals surface area contributed by atoms with E-state index in [0.29, 0.717) is 5.56 Å².